The lowest BCUT2D eigenvalue weighted by atomic mass is 9.99. The van der Waals surface area contributed by atoms with Gasteiger partial charge >= 0.3 is 0 Å². The second-order valence-electron chi connectivity index (χ2n) is 4.26. The molecule has 86 valence electrons. The molecule has 1 fully saturated rings. The van der Waals surface area contributed by atoms with Crippen LogP contribution < -0.4 is 5.32 Å². The molecule has 0 aliphatic carbocycles. The van der Waals surface area contributed by atoms with Crippen molar-refractivity contribution in [3.8, 4) is 12.3 Å². The van der Waals surface area contributed by atoms with Crippen molar-refractivity contribution in [3.05, 3.63) is 0 Å². The van der Waals surface area contributed by atoms with Gasteiger partial charge in [-0.1, -0.05) is 5.92 Å². The Labute approximate surface area is 98.2 Å². The molecule has 0 amide bonds. The van der Waals surface area contributed by atoms with E-state index in [1.165, 1.54) is 19.4 Å². The Morgan fingerprint density at radius 2 is 2.40 bits per heavy atom. The van der Waals surface area contributed by atoms with Crippen LogP contribution in [0.1, 0.15) is 19.8 Å². The Morgan fingerprint density at radius 1 is 1.60 bits per heavy atom. The summed E-state index contributed by atoms with van der Waals surface area (Å²) in [6, 6.07) is 1.43. The number of rotatable bonds is 5. The fourth-order valence-corrected chi connectivity index (χ4v) is 2.47. The maximum absolute atomic E-state index is 5.19. The molecular formula is C12H22N2S. The molecule has 1 heterocycles. The third-order valence-corrected chi connectivity index (χ3v) is 3.94. The molecule has 2 nitrogen and oxygen atoms in total. The Bertz CT molecular complexity index is 212. The van der Waals surface area contributed by atoms with Crippen LogP contribution in [-0.2, 0) is 0 Å². The first kappa shape index (κ1) is 12.9. The van der Waals surface area contributed by atoms with E-state index in [1.54, 1.807) is 0 Å². The fraction of sp³-hybridized carbons (Fsp3) is 0.833. The summed E-state index contributed by atoms with van der Waals surface area (Å²) < 4.78 is 0. The van der Waals surface area contributed by atoms with E-state index < -0.39 is 0 Å². The molecule has 3 heteroatoms. The van der Waals surface area contributed by atoms with Crippen LogP contribution >= 0.6 is 11.8 Å². The molecule has 0 saturated carbocycles. The number of piperidine rings is 1. The molecule has 15 heavy (non-hydrogen) atoms. The summed E-state index contributed by atoms with van der Waals surface area (Å²) in [5, 5.41) is 3.62. The predicted octanol–water partition coefficient (Wildman–Crippen LogP) is 1.43. The predicted molar refractivity (Wildman–Crippen MR) is 69.3 cm³/mol. The fourth-order valence-electron chi connectivity index (χ4n) is 1.94. The molecule has 0 aromatic heterocycles. The zero-order valence-corrected chi connectivity index (χ0v) is 10.6. The number of terminal acetylenes is 1. The molecule has 0 spiro atoms. The molecule has 1 aliphatic heterocycles. The van der Waals surface area contributed by atoms with Gasteiger partial charge in [-0.2, -0.15) is 0 Å². The summed E-state index contributed by atoms with van der Waals surface area (Å²) >= 11 is 1.83. The van der Waals surface area contributed by atoms with Gasteiger partial charge in [-0.3, -0.25) is 0 Å². The Kier molecular flexibility index (Phi) is 6.16. The van der Waals surface area contributed by atoms with Crippen LogP contribution in [-0.4, -0.2) is 48.6 Å². The van der Waals surface area contributed by atoms with Crippen LogP contribution in [0.3, 0.4) is 0 Å². The molecule has 0 bridgehead atoms. The maximum atomic E-state index is 5.19. The SMILES string of the molecule is C#CCSCCNC1CCN(C)C(C)C1. The minimum absolute atomic E-state index is 0.711. The zero-order chi connectivity index (χ0) is 11.1. The second-order valence-corrected chi connectivity index (χ2v) is 5.37. The number of thioether (sulfide) groups is 1. The monoisotopic (exact) mass is 226 g/mol. The van der Waals surface area contributed by atoms with Crippen molar-refractivity contribution in [3.63, 3.8) is 0 Å². The van der Waals surface area contributed by atoms with Crippen LogP contribution in [0.4, 0.5) is 0 Å². The summed E-state index contributed by atoms with van der Waals surface area (Å²) in [5.74, 6) is 4.62. The summed E-state index contributed by atoms with van der Waals surface area (Å²) in [4.78, 5) is 2.44. The smallest absolute Gasteiger partial charge is 0.0545 e. The minimum atomic E-state index is 0.711. The van der Waals surface area contributed by atoms with Crippen molar-refractivity contribution < 1.29 is 0 Å². The molecule has 1 saturated heterocycles. The highest BCUT2D eigenvalue weighted by molar-refractivity contribution is 7.99. The Balaban J connectivity index is 2.05. The Morgan fingerprint density at radius 3 is 3.07 bits per heavy atom. The van der Waals surface area contributed by atoms with Crippen molar-refractivity contribution >= 4 is 11.8 Å². The highest BCUT2D eigenvalue weighted by Crippen LogP contribution is 2.15. The van der Waals surface area contributed by atoms with Crippen molar-refractivity contribution in [2.75, 3.05) is 31.6 Å². The van der Waals surface area contributed by atoms with Gasteiger partial charge in [0, 0.05) is 24.4 Å². The summed E-state index contributed by atoms with van der Waals surface area (Å²) in [6.07, 6.45) is 7.74. The second kappa shape index (κ2) is 7.16. The number of hydrogen-bond donors (Lipinski definition) is 1. The van der Waals surface area contributed by atoms with Crippen molar-refractivity contribution in [2.45, 2.75) is 31.8 Å². The van der Waals surface area contributed by atoms with E-state index in [0.717, 1.165) is 24.1 Å². The maximum Gasteiger partial charge on any atom is 0.0545 e. The normalized spacial score (nSPS) is 27.5. The van der Waals surface area contributed by atoms with Gasteiger partial charge in [0.2, 0.25) is 0 Å². The van der Waals surface area contributed by atoms with Gasteiger partial charge in [0.25, 0.3) is 0 Å². The first-order valence-electron chi connectivity index (χ1n) is 5.69. The number of hydrogen-bond acceptors (Lipinski definition) is 3. The molecular weight excluding hydrogens is 204 g/mol. The molecule has 2 unspecified atom stereocenters. The van der Waals surface area contributed by atoms with Crippen LogP contribution in [0.25, 0.3) is 0 Å². The van der Waals surface area contributed by atoms with Crippen LogP contribution in [0.15, 0.2) is 0 Å². The standard InChI is InChI=1S/C12H22N2S/c1-4-8-15-9-6-13-12-5-7-14(3)11(2)10-12/h1,11-13H,5-10H2,2-3H3. The van der Waals surface area contributed by atoms with Crippen LogP contribution in [0.5, 0.6) is 0 Å². The van der Waals surface area contributed by atoms with E-state index in [-0.39, 0.29) is 0 Å². The van der Waals surface area contributed by atoms with Gasteiger partial charge < -0.3 is 10.2 Å². The molecule has 1 aliphatic rings. The van der Waals surface area contributed by atoms with Crippen molar-refractivity contribution in [2.24, 2.45) is 0 Å². The molecule has 0 aromatic rings. The van der Waals surface area contributed by atoms with Crippen molar-refractivity contribution in [1.82, 2.24) is 10.2 Å². The molecule has 1 N–H and O–H groups in total. The summed E-state index contributed by atoms with van der Waals surface area (Å²) in [5.41, 5.74) is 0. The van der Waals surface area contributed by atoms with Crippen LogP contribution in [0.2, 0.25) is 0 Å². The molecule has 0 aromatic carbocycles. The van der Waals surface area contributed by atoms with Crippen molar-refractivity contribution in [1.29, 1.82) is 0 Å². The third kappa shape index (κ3) is 4.92. The lowest BCUT2D eigenvalue weighted by Crippen LogP contribution is -2.46. The van der Waals surface area contributed by atoms with E-state index in [0.29, 0.717) is 6.04 Å². The van der Waals surface area contributed by atoms with E-state index in [4.69, 9.17) is 6.42 Å². The van der Waals surface area contributed by atoms with Gasteiger partial charge in [-0.25, -0.2) is 0 Å². The average Bonchev–Trinajstić information content (AvgIpc) is 2.23. The van der Waals surface area contributed by atoms with E-state index in [1.807, 2.05) is 11.8 Å². The van der Waals surface area contributed by atoms with E-state index in [9.17, 15) is 0 Å². The lowest BCUT2D eigenvalue weighted by molar-refractivity contribution is 0.170. The Hall–Kier alpha value is -0.170. The molecule has 2 atom stereocenters. The van der Waals surface area contributed by atoms with Gasteiger partial charge in [0.1, 0.15) is 0 Å². The number of nitrogens with zero attached hydrogens (tertiary/aromatic N) is 1. The minimum Gasteiger partial charge on any atom is -0.313 e. The van der Waals surface area contributed by atoms with E-state index in [2.05, 4.69) is 30.1 Å². The zero-order valence-electron chi connectivity index (χ0n) is 9.83. The van der Waals surface area contributed by atoms with Gasteiger partial charge in [-0.05, 0) is 33.4 Å². The van der Waals surface area contributed by atoms with Gasteiger partial charge in [0.15, 0.2) is 0 Å². The third-order valence-electron chi connectivity index (χ3n) is 3.07. The average molecular weight is 226 g/mol. The van der Waals surface area contributed by atoms with Crippen LogP contribution in [0, 0.1) is 12.3 Å². The quantitative estimate of drug-likeness (QED) is 0.564. The first-order valence-corrected chi connectivity index (χ1v) is 6.84. The highest BCUT2D eigenvalue weighted by Gasteiger charge is 2.21. The largest absolute Gasteiger partial charge is 0.313 e. The molecule has 0 radical (unpaired) electrons. The number of likely N-dealkylation sites (tertiary alicyclic amines) is 1. The lowest BCUT2D eigenvalue weighted by Gasteiger charge is -2.35. The van der Waals surface area contributed by atoms with Gasteiger partial charge in [0.05, 0.1) is 5.75 Å². The first-order chi connectivity index (χ1) is 7.24. The number of nitrogens with one attached hydrogen (secondary N) is 1. The molecule has 1 rings (SSSR count). The topological polar surface area (TPSA) is 15.3 Å². The van der Waals surface area contributed by atoms with Gasteiger partial charge in [-0.15, -0.1) is 18.2 Å². The van der Waals surface area contributed by atoms with E-state index >= 15 is 0 Å². The summed E-state index contributed by atoms with van der Waals surface area (Å²) in [6.45, 7) is 4.62. The highest BCUT2D eigenvalue weighted by atomic mass is 32.2. The summed E-state index contributed by atoms with van der Waals surface area (Å²) in [7, 11) is 2.21.